The highest BCUT2D eigenvalue weighted by molar-refractivity contribution is 7.99. The molecule has 0 unspecified atom stereocenters. The van der Waals surface area contributed by atoms with E-state index in [2.05, 4.69) is 15.3 Å². The first-order valence-electron chi connectivity index (χ1n) is 5.59. The molecule has 0 fully saturated rings. The Morgan fingerprint density at radius 3 is 2.84 bits per heavy atom. The van der Waals surface area contributed by atoms with Crippen molar-refractivity contribution >= 4 is 23.3 Å². The molecule has 2 rings (SSSR count). The molecule has 0 aromatic carbocycles. The van der Waals surface area contributed by atoms with Crippen LogP contribution in [0, 0.1) is 17.0 Å². The van der Waals surface area contributed by atoms with E-state index in [1.165, 1.54) is 12.3 Å². The van der Waals surface area contributed by atoms with E-state index in [9.17, 15) is 10.1 Å². The van der Waals surface area contributed by atoms with Crippen LogP contribution >= 0.6 is 11.8 Å². The van der Waals surface area contributed by atoms with Crippen LogP contribution in [-0.2, 0) is 0 Å². The molecule has 100 valence electrons. The van der Waals surface area contributed by atoms with Crippen LogP contribution < -0.4 is 5.32 Å². The van der Waals surface area contributed by atoms with Crippen LogP contribution in [-0.4, -0.2) is 21.4 Å². The molecule has 2 aromatic heterocycles. The summed E-state index contributed by atoms with van der Waals surface area (Å²) in [4.78, 5) is 18.8. The highest BCUT2D eigenvalue weighted by Gasteiger charge is 2.19. The van der Waals surface area contributed by atoms with E-state index in [0.717, 1.165) is 11.8 Å². The third-order valence-electron chi connectivity index (χ3n) is 2.18. The van der Waals surface area contributed by atoms with Gasteiger partial charge < -0.3 is 9.73 Å². The standard InChI is InChI=1S/C11H12N4O3S/c1-3-12-9-5-4-8(15(16)17)10(14-9)19-11-13-7(2)6-18-11/h4-6H,3H2,1-2H3,(H,12,14). The Balaban J connectivity index is 2.34. The minimum absolute atomic E-state index is 0.0671. The third kappa shape index (κ3) is 3.22. The molecular formula is C11H12N4O3S. The largest absolute Gasteiger partial charge is 0.439 e. The van der Waals surface area contributed by atoms with Gasteiger partial charge in [-0.2, -0.15) is 0 Å². The molecule has 0 saturated heterocycles. The minimum atomic E-state index is -0.471. The molecule has 7 nitrogen and oxygen atoms in total. The lowest BCUT2D eigenvalue weighted by atomic mass is 10.4. The number of nitrogens with zero attached hydrogens (tertiary/aromatic N) is 3. The SMILES string of the molecule is CCNc1ccc([N+](=O)[O-])c(Sc2nc(C)co2)n1. The second-order valence-electron chi connectivity index (χ2n) is 3.67. The Kier molecular flexibility index (Phi) is 4.00. The fraction of sp³-hybridized carbons (Fsp3) is 0.273. The van der Waals surface area contributed by atoms with Crippen LogP contribution in [0.4, 0.5) is 11.5 Å². The van der Waals surface area contributed by atoms with Gasteiger partial charge in [0.1, 0.15) is 12.1 Å². The van der Waals surface area contributed by atoms with E-state index >= 15 is 0 Å². The Bertz CT molecular complexity index is 599. The molecule has 0 aliphatic carbocycles. The molecule has 0 radical (unpaired) electrons. The molecule has 2 aromatic rings. The molecule has 8 heteroatoms. The number of aromatic nitrogens is 2. The van der Waals surface area contributed by atoms with Crippen molar-refractivity contribution in [3.05, 3.63) is 34.2 Å². The molecule has 1 N–H and O–H groups in total. The first-order valence-corrected chi connectivity index (χ1v) is 6.41. The summed E-state index contributed by atoms with van der Waals surface area (Å²) >= 11 is 1.03. The Labute approximate surface area is 113 Å². The van der Waals surface area contributed by atoms with E-state index in [1.807, 2.05) is 6.92 Å². The minimum Gasteiger partial charge on any atom is -0.439 e. The van der Waals surface area contributed by atoms with Crippen molar-refractivity contribution in [3.63, 3.8) is 0 Å². The molecule has 0 spiro atoms. The molecule has 0 saturated carbocycles. The molecular weight excluding hydrogens is 268 g/mol. The molecule has 0 aliphatic rings. The summed E-state index contributed by atoms with van der Waals surface area (Å²) < 4.78 is 5.17. The average Bonchev–Trinajstić information content (AvgIpc) is 2.75. The highest BCUT2D eigenvalue weighted by atomic mass is 32.2. The molecule has 0 aliphatic heterocycles. The van der Waals surface area contributed by atoms with Gasteiger partial charge in [0.15, 0.2) is 5.03 Å². The number of hydrogen-bond donors (Lipinski definition) is 1. The van der Waals surface area contributed by atoms with Crippen LogP contribution in [0.1, 0.15) is 12.6 Å². The van der Waals surface area contributed by atoms with Gasteiger partial charge in [-0.25, -0.2) is 9.97 Å². The number of anilines is 1. The molecule has 0 bridgehead atoms. The average molecular weight is 280 g/mol. The Hall–Kier alpha value is -2.09. The topological polar surface area (TPSA) is 94.1 Å². The predicted molar refractivity (Wildman–Crippen MR) is 70.4 cm³/mol. The van der Waals surface area contributed by atoms with Crippen molar-refractivity contribution in [2.45, 2.75) is 24.1 Å². The van der Waals surface area contributed by atoms with Crippen LogP contribution in [0.3, 0.4) is 0 Å². The van der Waals surface area contributed by atoms with E-state index < -0.39 is 4.92 Å². The summed E-state index contributed by atoms with van der Waals surface area (Å²) in [6.07, 6.45) is 1.49. The van der Waals surface area contributed by atoms with Crippen LogP contribution in [0.25, 0.3) is 0 Å². The van der Waals surface area contributed by atoms with Gasteiger partial charge >= 0.3 is 5.69 Å². The normalized spacial score (nSPS) is 10.4. The quantitative estimate of drug-likeness (QED) is 0.664. The second kappa shape index (κ2) is 5.70. The monoisotopic (exact) mass is 280 g/mol. The maximum Gasteiger partial charge on any atom is 0.302 e. The van der Waals surface area contributed by atoms with Gasteiger partial charge in [-0.1, -0.05) is 0 Å². The molecule has 0 amide bonds. The Morgan fingerprint density at radius 1 is 1.47 bits per heavy atom. The van der Waals surface area contributed by atoms with Crippen molar-refractivity contribution in [2.75, 3.05) is 11.9 Å². The fourth-order valence-corrected chi connectivity index (χ4v) is 2.23. The summed E-state index contributed by atoms with van der Waals surface area (Å²) in [5.41, 5.74) is 0.649. The number of oxazole rings is 1. The lowest BCUT2D eigenvalue weighted by Crippen LogP contribution is -2.01. The van der Waals surface area contributed by atoms with Gasteiger partial charge in [0.2, 0.25) is 0 Å². The zero-order valence-corrected chi connectivity index (χ0v) is 11.2. The lowest BCUT2D eigenvalue weighted by molar-refractivity contribution is -0.388. The first-order chi connectivity index (χ1) is 9.10. The number of nitrogens with one attached hydrogen (secondary N) is 1. The van der Waals surface area contributed by atoms with Crippen molar-refractivity contribution in [3.8, 4) is 0 Å². The van der Waals surface area contributed by atoms with E-state index in [-0.39, 0.29) is 10.7 Å². The first kappa shape index (κ1) is 13.3. The maximum atomic E-state index is 11.0. The van der Waals surface area contributed by atoms with Crippen molar-refractivity contribution < 1.29 is 9.34 Å². The van der Waals surface area contributed by atoms with Crippen molar-refractivity contribution in [2.24, 2.45) is 0 Å². The predicted octanol–water partition coefficient (Wildman–Crippen LogP) is 2.87. The van der Waals surface area contributed by atoms with Crippen molar-refractivity contribution in [1.82, 2.24) is 9.97 Å². The summed E-state index contributed by atoms with van der Waals surface area (Å²) in [6, 6.07) is 3.00. The molecule has 2 heterocycles. The Morgan fingerprint density at radius 2 is 2.26 bits per heavy atom. The summed E-state index contributed by atoms with van der Waals surface area (Å²) in [6.45, 7) is 4.39. The van der Waals surface area contributed by atoms with Gasteiger partial charge in [-0.15, -0.1) is 0 Å². The smallest absolute Gasteiger partial charge is 0.302 e. The van der Waals surface area contributed by atoms with E-state index in [1.54, 1.807) is 13.0 Å². The van der Waals surface area contributed by atoms with Gasteiger partial charge in [-0.3, -0.25) is 10.1 Å². The number of rotatable bonds is 5. The molecule has 0 atom stereocenters. The van der Waals surface area contributed by atoms with Gasteiger partial charge in [-0.05, 0) is 31.7 Å². The number of hydrogen-bond acceptors (Lipinski definition) is 7. The van der Waals surface area contributed by atoms with Crippen LogP contribution in [0.15, 0.2) is 33.1 Å². The summed E-state index contributed by atoms with van der Waals surface area (Å²) in [7, 11) is 0. The van der Waals surface area contributed by atoms with Gasteiger partial charge in [0, 0.05) is 12.6 Å². The van der Waals surface area contributed by atoms with Crippen molar-refractivity contribution in [1.29, 1.82) is 0 Å². The van der Waals surface area contributed by atoms with Crippen LogP contribution in [0.5, 0.6) is 0 Å². The van der Waals surface area contributed by atoms with E-state index in [0.29, 0.717) is 23.3 Å². The summed E-state index contributed by atoms with van der Waals surface area (Å²) in [5, 5.41) is 14.6. The van der Waals surface area contributed by atoms with Gasteiger partial charge in [0.25, 0.3) is 5.22 Å². The second-order valence-corrected chi connectivity index (χ2v) is 4.61. The zero-order chi connectivity index (χ0) is 13.8. The molecule has 19 heavy (non-hydrogen) atoms. The fourth-order valence-electron chi connectivity index (χ4n) is 1.39. The number of aryl methyl sites for hydroxylation is 1. The number of nitro groups is 1. The van der Waals surface area contributed by atoms with E-state index in [4.69, 9.17) is 4.42 Å². The third-order valence-corrected chi connectivity index (χ3v) is 3.03. The zero-order valence-electron chi connectivity index (χ0n) is 10.4. The highest BCUT2D eigenvalue weighted by Crippen LogP contribution is 2.33. The lowest BCUT2D eigenvalue weighted by Gasteiger charge is -2.04. The maximum absolute atomic E-state index is 11.0. The van der Waals surface area contributed by atoms with Gasteiger partial charge in [0.05, 0.1) is 10.6 Å². The number of pyridine rings is 1. The summed E-state index contributed by atoms with van der Waals surface area (Å²) in [5.74, 6) is 0.582. The van der Waals surface area contributed by atoms with Crippen LogP contribution in [0.2, 0.25) is 0 Å².